The van der Waals surface area contributed by atoms with Crippen molar-refractivity contribution in [1.82, 2.24) is 5.32 Å². The summed E-state index contributed by atoms with van der Waals surface area (Å²) in [5.41, 5.74) is 4.34. The molecule has 4 aromatic rings. The van der Waals surface area contributed by atoms with Crippen LogP contribution in [0.15, 0.2) is 89.5 Å². The normalized spacial score (nSPS) is 13.2. The Hall–Kier alpha value is -4.67. The first-order chi connectivity index (χ1) is 22.7. The lowest BCUT2D eigenvalue weighted by Crippen LogP contribution is -2.30. The molecule has 0 spiro atoms. The highest BCUT2D eigenvalue weighted by Gasteiger charge is 2.28. The van der Waals surface area contributed by atoms with E-state index in [9.17, 15) is 19.2 Å². The van der Waals surface area contributed by atoms with Gasteiger partial charge in [0.05, 0.1) is 17.4 Å². The smallest absolute Gasteiger partial charge is 0.341 e. The van der Waals surface area contributed by atoms with E-state index in [1.807, 2.05) is 43.3 Å². The van der Waals surface area contributed by atoms with Gasteiger partial charge < -0.3 is 20.7 Å². The van der Waals surface area contributed by atoms with Crippen molar-refractivity contribution < 1.29 is 23.9 Å². The molecule has 1 aromatic heterocycles. The van der Waals surface area contributed by atoms with E-state index in [0.29, 0.717) is 21.8 Å². The minimum atomic E-state index is -0.503. The highest BCUT2D eigenvalue weighted by Crippen LogP contribution is 2.39. The monoisotopic (exact) mass is 667 g/mol. The van der Waals surface area contributed by atoms with Crippen LogP contribution in [0.1, 0.15) is 69.0 Å². The SMILES string of the molecule is CCOC(=O)c1c(NC(=O)C(C)Sc2cccc(NC(=O)/C(=C\c3ccc(C)cc3)NC(=O)c3ccccc3)c2)sc2c1CCCC2. The van der Waals surface area contributed by atoms with Crippen LogP contribution < -0.4 is 16.0 Å². The fourth-order valence-electron chi connectivity index (χ4n) is 5.16. The fraction of sp³-hybridized carbons (Fsp3) is 0.243. The molecule has 242 valence electrons. The quantitative estimate of drug-likeness (QED) is 0.0861. The second-order valence-corrected chi connectivity index (χ2v) is 13.7. The molecule has 1 unspecified atom stereocenters. The summed E-state index contributed by atoms with van der Waals surface area (Å²) in [6, 6.07) is 23.5. The standard InChI is InChI=1S/C37H37N3O5S2/c1-4-45-37(44)32-29-15-8-9-16-31(29)47-36(32)40-33(41)24(3)46-28-14-10-13-27(22-28)38-35(43)30(21-25-19-17-23(2)18-20-25)39-34(42)26-11-6-5-7-12-26/h5-7,10-14,17-22,24H,4,8-9,15-16H2,1-3H3,(H,38,43)(H,39,42)(H,40,41)/b30-21+. The first-order valence-electron chi connectivity index (χ1n) is 15.6. The molecule has 3 aromatic carbocycles. The van der Waals surface area contributed by atoms with E-state index in [1.54, 1.807) is 62.4 Å². The lowest BCUT2D eigenvalue weighted by Gasteiger charge is -2.15. The van der Waals surface area contributed by atoms with E-state index in [0.717, 1.165) is 52.1 Å². The number of thiophene rings is 1. The van der Waals surface area contributed by atoms with Gasteiger partial charge in [0.2, 0.25) is 5.91 Å². The maximum Gasteiger partial charge on any atom is 0.341 e. The topological polar surface area (TPSA) is 114 Å². The zero-order chi connectivity index (χ0) is 33.3. The number of benzene rings is 3. The van der Waals surface area contributed by atoms with Crippen molar-refractivity contribution in [3.63, 3.8) is 0 Å². The molecule has 0 radical (unpaired) electrons. The molecular formula is C37H37N3O5S2. The van der Waals surface area contributed by atoms with E-state index >= 15 is 0 Å². The molecule has 3 N–H and O–H groups in total. The van der Waals surface area contributed by atoms with Crippen LogP contribution in [0.3, 0.4) is 0 Å². The summed E-state index contributed by atoms with van der Waals surface area (Å²) in [4.78, 5) is 54.5. The third-order valence-electron chi connectivity index (χ3n) is 7.58. The van der Waals surface area contributed by atoms with Gasteiger partial charge in [0, 0.05) is 21.0 Å². The van der Waals surface area contributed by atoms with Gasteiger partial charge >= 0.3 is 5.97 Å². The molecule has 0 aliphatic heterocycles. The summed E-state index contributed by atoms with van der Waals surface area (Å²) in [6.07, 6.45) is 5.39. The molecule has 47 heavy (non-hydrogen) atoms. The number of hydrogen-bond donors (Lipinski definition) is 3. The van der Waals surface area contributed by atoms with Crippen LogP contribution in [-0.4, -0.2) is 35.5 Å². The van der Waals surface area contributed by atoms with Crippen LogP contribution in [-0.2, 0) is 27.2 Å². The Morgan fingerprint density at radius 1 is 0.936 bits per heavy atom. The molecule has 5 rings (SSSR count). The number of nitrogens with one attached hydrogen (secondary N) is 3. The predicted octanol–water partition coefficient (Wildman–Crippen LogP) is 7.64. The lowest BCUT2D eigenvalue weighted by molar-refractivity contribution is -0.115. The number of hydrogen-bond acceptors (Lipinski definition) is 7. The van der Waals surface area contributed by atoms with Gasteiger partial charge in [-0.15, -0.1) is 23.1 Å². The number of carbonyl (C=O) groups excluding carboxylic acids is 4. The van der Waals surface area contributed by atoms with Gasteiger partial charge in [-0.05, 0) is 94.0 Å². The summed E-state index contributed by atoms with van der Waals surface area (Å²) in [5.74, 6) is -1.53. The van der Waals surface area contributed by atoms with Gasteiger partial charge in [-0.3, -0.25) is 14.4 Å². The summed E-state index contributed by atoms with van der Waals surface area (Å²) in [6.45, 7) is 5.80. The molecule has 0 bridgehead atoms. The maximum atomic E-state index is 13.5. The van der Waals surface area contributed by atoms with Crippen LogP contribution >= 0.6 is 23.1 Å². The van der Waals surface area contributed by atoms with E-state index in [1.165, 1.54) is 23.1 Å². The van der Waals surface area contributed by atoms with Crippen LogP contribution in [0.5, 0.6) is 0 Å². The molecule has 1 heterocycles. The number of anilines is 2. The van der Waals surface area contributed by atoms with Crippen LogP contribution in [0, 0.1) is 6.92 Å². The largest absolute Gasteiger partial charge is 0.462 e. The molecule has 8 nitrogen and oxygen atoms in total. The zero-order valence-electron chi connectivity index (χ0n) is 26.6. The van der Waals surface area contributed by atoms with Gasteiger partial charge in [0.15, 0.2) is 0 Å². The van der Waals surface area contributed by atoms with Crippen molar-refractivity contribution in [2.24, 2.45) is 0 Å². The minimum absolute atomic E-state index is 0.0876. The molecule has 1 aliphatic carbocycles. The predicted molar refractivity (Wildman–Crippen MR) is 189 cm³/mol. The van der Waals surface area contributed by atoms with Gasteiger partial charge in [-0.25, -0.2) is 4.79 Å². The average Bonchev–Trinajstić information content (AvgIpc) is 3.44. The molecule has 0 saturated heterocycles. The number of carbonyl (C=O) groups is 4. The third kappa shape index (κ3) is 8.78. The molecule has 0 fully saturated rings. The highest BCUT2D eigenvalue weighted by atomic mass is 32.2. The van der Waals surface area contributed by atoms with Crippen molar-refractivity contribution in [2.45, 2.75) is 56.6 Å². The number of ether oxygens (including phenoxy) is 1. The Balaban J connectivity index is 1.29. The maximum absolute atomic E-state index is 13.5. The van der Waals surface area contributed by atoms with Crippen molar-refractivity contribution in [1.29, 1.82) is 0 Å². The number of esters is 1. The van der Waals surface area contributed by atoms with Crippen molar-refractivity contribution in [3.05, 3.63) is 117 Å². The van der Waals surface area contributed by atoms with Gasteiger partial charge in [0.25, 0.3) is 11.8 Å². The molecular weight excluding hydrogens is 631 g/mol. The van der Waals surface area contributed by atoms with E-state index in [2.05, 4.69) is 16.0 Å². The van der Waals surface area contributed by atoms with Crippen molar-refractivity contribution in [3.8, 4) is 0 Å². The van der Waals surface area contributed by atoms with Crippen LogP contribution in [0.25, 0.3) is 6.08 Å². The zero-order valence-corrected chi connectivity index (χ0v) is 28.2. The first-order valence-corrected chi connectivity index (χ1v) is 17.3. The van der Waals surface area contributed by atoms with Gasteiger partial charge in [0.1, 0.15) is 10.7 Å². The highest BCUT2D eigenvalue weighted by molar-refractivity contribution is 8.00. The van der Waals surface area contributed by atoms with E-state index < -0.39 is 23.0 Å². The lowest BCUT2D eigenvalue weighted by atomic mass is 9.95. The molecule has 3 amide bonds. The Morgan fingerprint density at radius 2 is 1.68 bits per heavy atom. The Morgan fingerprint density at radius 3 is 2.43 bits per heavy atom. The molecule has 1 aliphatic rings. The number of aryl methyl sites for hydroxylation is 2. The van der Waals surface area contributed by atoms with Crippen LogP contribution in [0.2, 0.25) is 0 Å². The first kappa shape index (κ1) is 33.7. The minimum Gasteiger partial charge on any atom is -0.462 e. The average molecular weight is 668 g/mol. The second-order valence-electron chi connectivity index (χ2n) is 11.2. The Kier molecular flexibility index (Phi) is 11.3. The second kappa shape index (κ2) is 15.8. The number of fused-ring (bicyclic) bond motifs is 1. The van der Waals surface area contributed by atoms with Crippen molar-refractivity contribution >= 4 is 63.6 Å². The fourth-order valence-corrected chi connectivity index (χ4v) is 7.37. The van der Waals surface area contributed by atoms with Gasteiger partial charge in [-0.2, -0.15) is 0 Å². The van der Waals surface area contributed by atoms with Gasteiger partial charge in [-0.1, -0.05) is 54.1 Å². The summed E-state index contributed by atoms with van der Waals surface area (Å²) >= 11 is 2.79. The number of thioether (sulfide) groups is 1. The summed E-state index contributed by atoms with van der Waals surface area (Å²) in [5, 5.41) is 8.67. The number of rotatable bonds is 11. The van der Waals surface area contributed by atoms with Crippen molar-refractivity contribution in [2.75, 3.05) is 17.2 Å². The number of amides is 3. The van der Waals surface area contributed by atoms with E-state index in [4.69, 9.17) is 4.74 Å². The Labute approximate surface area is 283 Å². The summed E-state index contributed by atoms with van der Waals surface area (Å²) in [7, 11) is 0. The van der Waals surface area contributed by atoms with Crippen LogP contribution in [0.4, 0.5) is 10.7 Å². The Bertz CT molecular complexity index is 1800. The third-order valence-corrected chi connectivity index (χ3v) is 9.88. The van der Waals surface area contributed by atoms with E-state index in [-0.39, 0.29) is 18.2 Å². The molecule has 0 saturated carbocycles. The molecule has 10 heteroatoms. The summed E-state index contributed by atoms with van der Waals surface area (Å²) < 4.78 is 5.32. The molecule has 1 atom stereocenters.